The number of likely N-dealkylation sites (tertiary alicyclic amines) is 1. The van der Waals surface area contributed by atoms with E-state index in [0.29, 0.717) is 12.1 Å². The predicted octanol–water partition coefficient (Wildman–Crippen LogP) is 2.66. The summed E-state index contributed by atoms with van der Waals surface area (Å²) < 4.78 is 12.0. The fourth-order valence-corrected chi connectivity index (χ4v) is 3.68. The van der Waals surface area contributed by atoms with E-state index in [1.165, 1.54) is 12.8 Å². The number of amides is 1. The zero-order valence-electron chi connectivity index (χ0n) is 14.4. The monoisotopic (exact) mass is 336 g/mol. The molecule has 5 heteroatoms. The number of carbonyl (C=O) groups is 1. The molecule has 1 amide bonds. The summed E-state index contributed by atoms with van der Waals surface area (Å²) in [7, 11) is -1.01. The van der Waals surface area contributed by atoms with Crippen LogP contribution in [0, 0.1) is 5.92 Å². The molecule has 1 aliphatic rings. The van der Waals surface area contributed by atoms with Crippen molar-refractivity contribution in [3.63, 3.8) is 0 Å². The van der Waals surface area contributed by atoms with E-state index >= 15 is 0 Å². The first kappa shape index (κ1) is 18.1. The molecule has 1 aliphatic heterocycles. The molecule has 0 spiro atoms. The van der Waals surface area contributed by atoms with Gasteiger partial charge in [0.25, 0.3) is 5.91 Å². The molecule has 23 heavy (non-hydrogen) atoms. The van der Waals surface area contributed by atoms with Crippen molar-refractivity contribution >= 4 is 16.7 Å². The van der Waals surface area contributed by atoms with Crippen LogP contribution < -0.4 is 5.32 Å². The van der Waals surface area contributed by atoms with E-state index in [1.54, 1.807) is 24.3 Å². The standard InChI is InChI=1S/C18H28N2O2S/c1-14(2)23(22)17-6-4-16(5-7-17)18(21)19-10-13-20-11-8-15(3)9-12-20/h4-7,14-15H,8-13H2,1-3H3,(H,19,21)/t23-/m1/s1. The Labute approximate surface area is 142 Å². The number of nitrogens with zero attached hydrogens (tertiary/aromatic N) is 1. The molecule has 0 bridgehead atoms. The van der Waals surface area contributed by atoms with Crippen molar-refractivity contribution in [1.29, 1.82) is 0 Å². The summed E-state index contributed by atoms with van der Waals surface area (Å²) in [6, 6.07) is 7.09. The van der Waals surface area contributed by atoms with Gasteiger partial charge in [0.1, 0.15) is 0 Å². The number of hydrogen-bond acceptors (Lipinski definition) is 3. The summed E-state index contributed by atoms with van der Waals surface area (Å²) >= 11 is 0. The van der Waals surface area contributed by atoms with Gasteiger partial charge in [-0.05, 0) is 56.1 Å². The Morgan fingerprint density at radius 1 is 1.26 bits per heavy atom. The molecule has 4 nitrogen and oxygen atoms in total. The second-order valence-corrected chi connectivity index (χ2v) is 8.66. The highest BCUT2D eigenvalue weighted by Gasteiger charge is 2.15. The molecule has 1 atom stereocenters. The van der Waals surface area contributed by atoms with Crippen molar-refractivity contribution in [3.8, 4) is 0 Å². The first-order valence-electron chi connectivity index (χ1n) is 8.48. The van der Waals surface area contributed by atoms with E-state index in [1.807, 2.05) is 13.8 Å². The van der Waals surface area contributed by atoms with Gasteiger partial charge < -0.3 is 10.2 Å². The van der Waals surface area contributed by atoms with E-state index in [9.17, 15) is 9.00 Å². The summed E-state index contributed by atoms with van der Waals surface area (Å²) in [5.41, 5.74) is 0.627. The summed E-state index contributed by atoms with van der Waals surface area (Å²) in [5.74, 6) is 0.771. The molecule has 0 aliphatic carbocycles. The largest absolute Gasteiger partial charge is 0.351 e. The molecule has 0 radical (unpaired) electrons. The van der Waals surface area contributed by atoms with Crippen LogP contribution in [0.5, 0.6) is 0 Å². The second kappa shape index (κ2) is 8.60. The lowest BCUT2D eigenvalue weighted by atomic mass is 9.99. The third-order valence-corrected chi connectivity index (χ3v) is 5.96. The molecule has 2 rings (SSSR count). The molecule has 128 valence electrons. The zero-order chi connectivity index (χ0) is 16.8. The number of nitrogens with one attached hydrogen (secondary N) is 1. The van der Waals surface area contributed by atoms with Crippen molar-refractivity contribution in [2.75, 3.05) is 26.2 Å². The predicted molar refractivity (Wildman–Crippen MR) is 95.2 cm³/mol. The number of carbonyl (C=O) groups excluding carboxylic acids is 1. The Balaban J connectivity index is 1.78. The first-order valence-corrected chi connectivity index (χ1v) is 9.70. The van der Waals surface area contributed by atoms with Crippen LogP contribution in [0.1, 0.15) is 44.0 Å². The zero-order valence-corrected chi connectivity index (χ0v) is 15.2. The SMILES string of the molecule is CC1CCN(CCNC(=O)c2ccc([S@](=O)C(C)C)cc2)CC1. The van der Waals surface area contributed by atoms with Gasteiger partial charge in [-0.2, -0.15) is 0 Å². The highest BCUT2D eigenvalue weighted by molar-refractivity contribution is 7.85. The maximum Gasteiger partial charge on any atom is 0.251 e. The van der Waals surface area contributed by atoms with Crippen LogP contribution in [-0.4, -0.2) is 46.4 Å². The van der Waals surface area contributed by atoms with Crippen LogP contribution in [0.25, 0.3) is 0 Å². The Hall–Kier alpha value is -1.20. The Bertz CT molecular complexity index is 534. The molecule has 1 N–H and O–H groups in total. The van der Waals surface area contributed by atoms with Crippen LogP contribution in [0.15, 0.2) is 29.2 Å². The van der Waals surface area contributed by atoms with E-state index in [-0.39, 0.29) is 11.2 Å². The fraction of sp³-hybridized carbons (Fsp3) is 0.611. The maximum absolute atomic E-state index is 12.1. The topological polar surface area (TPSA) is 49.4 Å². The Morgan fingerprint density at radius 3 is 2.43 bits per heavy atom. The molecule has 0 unspecified atom stereocenters. The second-order valence-electron chi connectivity index (χ2n) is 6.65. The van der Waals surface area contributed by atoms with Gasteiger partial charge in [0.15, 0.2) is 0 Å². The summed E-state index contributed by atoms with van der Waals surface area (Å²) in [6.45, 7) is 10.0. The molecular weight excluding hydrogens is 308 g/mol. The van der Waals surface area contributed by atoms with Crippen molar-refractivity contribution in [2.24, 2.45) is 5.92 Å². The summed E-state index contributed by atoms with van der Waals surface area (Å²) in [6.07, 6.45) is 2.50. The summed E-state index contributed by atoms with van der Waals surface area (Å²) in [4.78, 5) is 15.3. The quantitative estimate of drug-likeness (QED) is 0.869. The van der Waals surface area contributed by atoms with Gasteiger partial charge in [0.05, 0.1) is 10.8 Å². The third-order valence-electron chi connectivity index (χ3n) is 4.37. The number of hydrogen-bond donors (Lipinski definition) is 1. The Kier molecular flexibility index (Phi) is 6.78. The number of piperidine rings is 1. The molecule has 0 aromatic heterocycles. The van der Waals surface area contributed by atoms with Crippen molar-refractivity contribution < 1.29 is 9.00 Å². The van der Waals surface area contributed by atoms with E-state index in [0.717, 1.165) is 30.4 Å². The van der Waals surface area contributed by atoms with E-state index in [4.69, 9.17) is 0 Å². The van der Waals surface area contributed by atoms with Gasteiger partial charge in [0.2, 0.25) is 0 Å². The lowest BCUT2D eigenvalue weighted by Gasteiger charge is -2.30. The Morgan fingerprint density at radius 2 is 1.87 bits per heavy atom. The molecule has 1 fully saturated rings. The third kappa shape index (κ3) is 5.43. The van der Waals surface area contributed by atoms with Crippen LogP contribution in [-0.2, 0) is 10.8 Å². The van der Waals surface area contributed by atoms with Gasteiger partial charge in [-0.25, -0.2) is 0 Å². The highest BCUT2D eigenvalue weighted by Crippen LogP contribution is 2.15. The minimum absolute atomic E-state index is 0.0581. The minimum atomic E-state index is -1.01. The number of benzene rings is 1. The van der Waals surface area contributed by atoms with Gasteiger partial charge in [-0.1, -0.05) is 20.8 Å². The normalized spacial score (nSPS) is 18.1. The molecular formula is C18H28N2O2S. The molecule has 1 aromatic carbocycles. The average molecular weight is 337 g/mol. The fourth-order valence-electron chi connectivity index (χ4n) is 2.73. The molecule has 0 saturated carbocycles. The highest BCUT2D eigenvalue weighted by atomic mass is 32.2. The molecule has 1 heterocycles. The molecule has 1 saturated heterocycles. The first-order chi connectivity index (χ1) is 11.0. The lowest BCUT2D eigenvalue weighted by Crippen LogP contribution is -2.39. The van der Waals surface area contributed by atoms with Gasteiger partial charge in [-0.3, -0.25) is 9.00 Å². The smallest absolute Gasteiger partial charge is 0.251 e. The van der Waals surface area contributed by atoms with Crippen LogP contribution >= 0.6 is 0 Å². The van der Waals surface area contributed by atoms with E-state index in [2.05, 4.69) is 17.1 Å². The van der Waals surface area contributed by atoms with Crippen molar-refractivity contribution in [1.82, 2.24) is 10.2 Å². The van der Waals surface area contributed by atoms with Crippen LogP contribution in [0.2, 0.25) is 0 Å². The number of rotatable bonds is 6. The van der Waals surface area contributed by atoms with Gasteiger partial charge >= 0.3 is 0 Å². The van der Waals surface area contributed by atoms with E-state index < -0.39 is 10.8 Å². The van der Waals surface area contributed by atoms with Crippen LogP contribution in [0.4, 0.5) is 0 Å². The lowest BCUT2D eigenvalue weighted by molar-refractivity contribution is 0.0944. The molecule has 1 aromatic rings. The van der Waals surface area contributed by atoms with Crippen molar-refractivity contribution in [3.05, 3.63) is 29.8 Å². The maximum atomic E-state index is 12.1. The van der Waals surface area contributed by atoms with Gasteiger partial charge in [0, 0.05) is 28.8 Å². The van der Waals surface area contributed by atoms with Gasteiger partial charge in [-0.15, -0.1) is 0 Å². The summed E-state index contributed by atoms with van der Waals surface area (Å²) in [5, 5.41) is 3.06. The van der Waals surface area contributed by atoms with Crippen LogP contribution in [0.3, 0.4) is 0 Å². The average Bonchev–Trinajstić information content (AvgIpc) is 2.56. The minimum Gasteiger partial charge on any atom is -0.351 e. The van der Waals surface area contributed by atoms with Crippen molar-refractivity contribution in [2.45, 2.75) is 43.8 Å².